The Morgan fingerprint density at radius 3 is 3.00 bits per heavy atom. The third-order valence-electron chi connectivity index (χ3n) is 1.98. The number of imidazole rings is 1. The monoisotopic (exact) mass is 207 g/mol. The SMILES string of the molecule is CNCc1ncc(-c2ccc(C)s2)[nH]1. The van der Waals surface area contributed by atoms with Crippen LogP contribution in [0.2, 0.25) is 0 Å². The van der Waals surface area contributed by atoms with Crippen LogP contribution in [0.15, 0.2) is 18.3 Å². The molecule has 2 heterocycles. The fraction of sp³-hybridized carbons (Fsp3) is 0.300. The lowest BCUT2D eigenvalue weighted by molar-refractivity contribution is 0.772. The molecule has 0 spiro atoms. The van der Waals surface area contributed by atoms with Gasteiger partial charge in [-0.1, -0.05) is 0 Å². The van der Waals surface area contributed by atoms with Gasteiger partial charge in [-0.05, 0) is 26.1 Å². The van der Waals surface area contributed by atoms with Gasteiger partial charge in [0.25, 0.3) is 0 Å². The van der Waals surface area contributed by atoms with Crippen molar-refractivity contribution in [1.82, 2.24) is 15.3 Å². The predicted molar refractivity (Wildman–Crippen MR) is 59.4 cm³/mol. The summed E-state index contributed by atoms with van der Waals surface area (Å²) < 4.78 is 0. The Morgan fingerprint density at radius 1 is 1.50 bits per heavy atom. The molecule has 2 N–H and O–H groups in total. The number of hydrogen-bond acceptors (Lipinski definition) is 3. The zero-order valence-electron chi connectivity index (χ0n) is 8.29. The highest BCUT2D eigenvalue weighted by Crippen LogP contribution is 2.25. The molecule has 2 rings (SSSR count). The summed E-state index contributed by atoms with van der Waals surface area (Å²) in [7, 11) is 1.91. The lowest BCUT2D eigenvalue weighted by Gasteiger charge is -1.92. The molecule has 0 unspecified atom stereocenters. The Kier molecular flexibility index (Phi) is 2.65. The maximum absolute atomic E-state index is 4.28. The first-order valence-electron chi connectivity index (χ1n) is 4.55. The van der Waals surface area contributed by atoms with Crippen molar-refractivity contribution in [2.45, 2.75) is 13.5 Å². The smallest absolute Gasteiger partial charge is 0.120 e. The Morgan fingerprint density at radius 2 is 2.36 bits per heavy atom. The highest BCUT2D eigenvalue weighted by molar-refractivity contribution is 7.15. The molecule has 0 fully saturated rings. The fourth-order valence-electron chi connectivity index (χ4n) is 1.32. The van der Waals surface area contributed by atoms with E-state index in [1.165, 1.54) is 9.75 Å². The molecule has 0 saturated carbocycles. The summed E-state index contributed by atoms with van der Waals surface area (Å²) in [5.74, 6) is 0.980. The van der Waals surface area contributed by atoms with Crippen LogP contribution in [0.25, 0.3) is 10.6 Å². The second kappa shape index (κ2) is 3.94. The van der Waals surface area contributed by atoms with Crippen molar-refractivity contribution in [2.75, 3.05) is 7.05 Å². The molecular weight excluding hydrogens is 194 g/mol. The molecule has 0 aromatic carbocycles. The summed E-state index contributed by atoms with van der Waals surface area (Å²) in [4.78, 5) is 10.1. The average Bonchev–Trinajstić information content (AvgIpc) is 2.74. The Bertz CT molecular complexity index is 416. The van der Waals surface area contributed by atoms with Crippen molar-refractivity contribution in [1.29, 1.82) is 0 Å². The van der Waals surface area contributed by atoms with Crippen LogP contribution in [0.1, 0.15) is 10.7 Å². The first kappa shape index (κ1) is 9.43. The van der Waals surface area contributed by atoms with E-state index in [0.717, 1.165) is 18.1 Å². The number of nitrogens with zero attached hydrogens (tertiary/aromatic N) is 1. The van der Waals surface area contributed by atoms with Gasteiger partial charge >= 0.3 is 0 Å². The maximum Gasteiger partial charge on any atom is 0.120 e. The average molecular weight is 207 g/mol. The van der Waals surface area contributed by atoms with Gasteiger partial charge in [-0.3, -0.25) is 0 Å². The molecule has 2 aromatic heterocycles. The number of aromatic nitrogens is 2. The molecule has 0 aliphatic rings. The number of aromatic amines is 1. The summed E-state index contributed by atoms with van der Waals surface area (Å²) in [5, 5.41) is 3.06. The van der Waals surface area contributed by atoms with Crippen molar-refractivity contribution in [2.24, 2.45) is 0 Å². The molecule has 0 saturated heterocycles. The predicted octanol–water partition coefficient (Wildman–Crippen LogP) is 2.17. The minimum atomic E-state index is 0.782. The van der Waals surface area contributed by atoms with E-state index in [9.17, 15) is 0 Å². The number of rotatable bonds is 3. The molecule has 0 radical (unpaired) electrons. The second-order valence-electron chi connectivity index (χ2n) is 3.18. The van der Waals surface area contributed by atoms with Crippen LogP contribution in [0.3, 0.4) is 0 Å². The van der Waals surface area contributed by atoms with Crippen LogP contribution in [0.5, 0.6) is 0 Å². The first-order valence-corrected chi connectivity index (χ1v) is 5.36. The van der Waals surface area contributed by atoms with E-state index >= 15 is 0 Å². The van der Waals surface area contributed by atoms with Gasteiger partial charge in [0.15, 0.2) is 0 Å². The molecule has 0 atom stereocenters. The third kappa shape index (κ3) is 1.86. The Balaban J connectivity index is 2.24. The third-order valence-corrected chi connectivity index (χ3v) is 3.01. The van der Waals surface area contributed by atoms with Crippen molar-refractivity contribution >= 4 is 11.3 Å². The second-order valence-corrected chi connectivity index (χ2v) is 4.47. The van der Waals surface area contributed by atoms with Gasteiger partial charge in [-0.2, -0.15) is 0 Å². The molecule has 0 bridgehead atoms. The fourth-order valence-corrected chi connectivity index (χ4v) is 2.16. The summed E-state index contributed by atoms with van der Waals surface area (Å²) in [6.07, 6.45) is 1.89. The number of nitrogens with one attached hydrogen (secondary N) is 2. The number of hydrogen-bond donors (Lipinski definition) is 2. The van der Waals surface area contributed by atoms with E-state index in [1.54, 1.807) is 11.3 Å². The first-order chi connectivity index (χ1) is 6.79. The minimum Gasteiger partial charge on any atom is -0.340 e. The maximum atomic E-state index is 4.28. The van der Waals surface area contributed by atoms with E-state index in [2.05, 4.69) is 34.3 Å². The summed E-state index contributed by atoms with van der Waals surface area (Å²) in [5.41, 5.74) is 1.10. The van der Waals surface area contributed by atoms with E-state index in [1.807, 2.05) is 13.2 Å². The number of H-pyrrole nitrogens is 1. The van der Waals surface area contributed by atoms with Gasteiger partial charge in [0.2, 0.25) is 0 Å². The summed E-state index contributed by atoms with van der Waals surface area (Å²) in [6.45, 7) is 2.89. The standard InChI is InChI=1S/C10H13N3S/c1-7-3-4-9(14-7)8-5-12-10(13-8)6-11-2/h3-5,11H,6H2,1-2H3,(H,12,13). The molecule has 74 valence electrons. The van der Waals surface area contributed by atoms with E-state index in [4.69, 9.17) is 0 Å². The van der Waals surface area contributed by atoms with E-state index in [-0.39, 0.29) is 0 Å². The van der Waals surface area contributed by atoms with Crippen LogP contribution in [-0.4, -0.2) is 17.0 Å². The van der Waals surface area contributed by atoms with Crippen molar-refractivity contribution < 1.29 is 0 Å². The summed E-state index contributed by atoms with van der Waals surface area (Å²) >= 11 is 1.78. The molecule has 3 nitrogen and oxygen atoms in total. The Hall–Kier alpha value is -1.13. The summed E-state index contributed by atoms with van der Waals surface area (Å²) in [6, 6.07) is 4.25. The van der Waals surface area contributed by atoms with Gasteiger partial charge in [0, 0.05) is 4.88 Å². The van der Waals surface area contributed by atoms with Gasteiger partial charge in [-0.25, -0.2) is 4.98 Å². The Labute approximate surface area is 87.2 Å². The number of thiophene rings is 1. The van der Waals surface area contributed by atoms with E-state index in [0.29, 0.717) is 0 Å². The lowest BCUT2D eigenvalue weighted by atomic mass is 10.4. The molecular formula is C10H13N3S. The van der Waals surface area contributed by atoms with Crippen LogP contribution < -0.4 is 5.32 Å². The minimum absolute atomic E-state index is 0.782. The van der Waals surface area contributed by atoms with Gasteiger partial charge in [-0.15, -0.1) is 11.3 Å². The largest absolute Gasteiger partial charge is 0.340 e. The van der Waals surface area contributed by atoms with Crippen molar-refractivity contribution in [3.8, 4) is 10.6 Å². The van der Waals surface area contributed by atoms with Crippen LogP contribution >= 0.6 is 11.3 Å². The normalized spacial score (nSPS) is 10.7. The molecule has 0 amide bonds. The van der Waals surface area contributed by atoms with Crippen LogP contribution in [0, 0.1) is 6.92 Å². The van der Waals surface area contributed by atoms with Crippen molar-refractivity contribution in [3.05, 3.63) is 29.0 Å². The van der Waals surface area contributed by atoms with Gasteiger partial charge in [0.1, 0.15) is 5.82 Å². The highest BCUT2D eigenvalue weighted by Gasteiger charge is 2.04. The highest BCUT2D eigenvalue weighted by atomic mass is 32.1. The van der Waals surface area contributed by atoms with E-state index < -0.39 is 0 Å². The molecule has 2 aromatic rings. The lowest BCUT2D eigenvalue weighted by Crippen LogP contribution is -2.06. The number of aryl methyl sites for hydroxylation is 1. The molecule has 0 aliphatic carbocycles. The van der Waals surface area contributed by atoms with Crippen LogP contribution in [0.4, 0.5) is 0 Å². The van der Waals surface area contributed by atoms with Crippen LogP contribution in [-0.2, 0) is 6.54 Å². The molecule has 14 heavy (non-hydrogen) atoms. The van der Waals surface area contributed by atoms with Crippen molar-refractivity contribution in [3.63, 3.8) is 0 Å². The quantitative estimate of drug-likeness (QED) is 0.809. The van der Waals surface area contributed by atoms with Gasteiger partial charge in [0.05, 0.1) is 23.3 Å². The zero-order valence-corrected chi connectivity index (χ0v) is 9.11. The topological polar surface area (TPSA) is 40.7 Å². The molecule has 0 aliphatic heterocycles. The zero-order chi connectivity index (χ0) is 9.97. The molecule has 4 heteroatoms. The van der Waals surface area contributed by atoms with Gasteiger partial charge < -0.3 is 10.3 Å².